The van der Waals surface area contributed by atoms with E-state index in [-0.39, 0.29) is 0 Å². The average molecular weight is 317 g/mol. The summed E-state index contributed by atoms with van der Waals surface area (Å²) in [6.07, 6.45) is 0. The van der Waals surface area contributed by atoms with E-state index in [1.165, 1.54) is 0 Å². The lowest BCUT2D eigenvalue weighted by atomic mass is 10.0. The molecule has 0 radical (unpaired) electrons. The molecular weight excluding hydrogens is 304 g/mol. The lowest BCUT2D eigenvalue weighted by Gasteiger charge is -2.11. The van der Waals surface area contributed by atoms with E-state index in [9.17, 15) is 0 Å². The van der Waals surface area contributed by atoms with Crippen LogP contribution in [0.25, 0.3) is 33.5 Å². The van der Waals surface area contributed by atoms with Gasteiger partial charge in [0.25, 0.3) is 0 Å². The van der Waals surface area contributed by atoms with Crippen molar-refractivity contribution < 1.29 is 0 Å². The van der Waals surface area contributed by atoms with Crippen LogP contribution in [0.4, 0.5) is 0 Å². The number of para-hydroxylation sites is 2. The Hall–Kier alpha value is -2.71. The summed E-state index contributed by atoms with van der Waals surface area (Å²) in [6.45, 7) is 0. The molecule has 4 rings (SSSR count). The zero-order chi connectivity index (χ0) is 15.6. The predicted molar refractivity (Wildman–Crippen MR) is 95.4 cm³/mol. The highest BCUT2D eigenvalue weighted by Crippen LogP contribution is 2.34. The first-order valence-electron chi connectivity index (χ1n) is 7.40. The lowest BCUT2D eigenvalue weighted by Crippen LogP contribution is -1.95. The van der Waals surface area contributed by atoms with E-state index in [2.05, 4.69) is 0 Å². The van der Waals surface area contributed by atoms with Crippen LogP contribution in [-0.4, -0.2) is 9.97 Å². The van der Waals surface area contributed by atoms with Gasteiger partial charge in [0.15, 0.2) is 0 Å². The molecule has 23 heavy (non-hydrogen) atoms. The fraction of sp³-hybridized carbons (Fsp3) is 0. The number of hydrogen-bond donors (Lipinski definition) is 0. The summed E-state index contributed by atoms with van der Waals surface area (Å²) in [6, 6.07) is 25.7. The van der Waals surface area contributed by atoms with E-state index in [0.717, 1.165) is 33.5 Å². The molecule has 0 spiro atoms. The van der Waals surface area contributed by atoms with Gasteiger partial charge in [-0.05, 0) is 18.2 Å². The molecule has 0 amide bonds. The van der Waals surface area contributed by atoms with Crippen LogP contribution in [0, 0.1) is 0 Å². The molecule has 0 aliphatic carbocycles. The first kappa shape index (κ1) is 13.9. The van der Waals surface area contributed by atoms with Gasteiger partial charge in [-0.3, -0.25) is 0 Å². The lowest BCUT2D eigenvalue weighted by molar-refractivity contribution is 1.29. The summed E-state index contributed by atoms with van der Waals surface area (Å²) in [4.78, 5) is 9.68. The van der Waals surface area contributed by atoms with Crippen LogP contribution in [0.15, 0.2) is 78.9 Å². The van der Waals surface area contributed by atoms with Crippen molar-refractivity contribution in [3.63, 3.8) is 0 Å². The fourth-order valence-corrected chi connectivity index (χ4v) is 2.86. The van der Waals surface area contributed by atoms with Gasteiger partial charge in [0.05, 0.1) is 27.4 Å². The first-order valence-corrected chi connectivity index (χ1v) is 7.78. The standard InChI is InChI=1S/C20H13ClN2/c21-16-11-5-4-10-15(16)20-19(14-8-2-1-3-9-14)22-17-12-6-7-13-18(17)23-20/h1-13H. The van der Waals surface area contributed by atoms with Gasteiger partial charge in [-0.1, -0.05) is 72.3 Å². The summed E-state index contributed by atoms with van der Waals surface area (Å²) in [7, 11) is 0. The molecule has 0 bridgehead atoms. The van der Waals surface area contributed by atoms with Crippen molar-refractivity contribution in [2.45, 2.75) is 0 Å². The Morgan fingerprint density at radius 3 is 1.83 bits per heavy atom. The summed E-state index contributed by atoms with van der Waals surface area (Å²) < 4.78 is 0. The number of halogens is 1. The Morgan fingerprint density at radius 1 is 0.565 bits per heavy atom. The third-order valence-electron chi connectivity index (χ3n) is 3.75. The summed E-state index contributed by atoms with van der Waals surface area (Å²) in [5.41, 5.74) is 5.31. The van der Waals surface area contributed by atoms with Crippen molar-refractivity contribution >= 4 is 22.6 Å². The molecule has 0 atom stereocenters. The molecule has 0 fully saturated rings. The largest absolute Gasteiger partial charge is 0.244 e. The molecule has 1 aromatic heterocycles. The highest BCUT2D eigenvalue weighted by Gasteiger charge is 2.14. The molecule has 0 unspecified atom stereocenters. The highest BCUT2D eigenvalue weighted by molar-refractivity contribution is 6.33. The molecule has 4 aromatic rings. The Balaban J connectivity index is 2.07. The van der Waals surface area contributed by atoms with Gasteiger partial charge >= 0.3 is 0 Å². The molecule has 1 heterocycles. The van der Waals surface area contributed by atoms with Crippen LogP contribution in [0.5, 0.6) is 0 Å². The second kappa shape index (κ2) is 5.82. The summed E-state index contributed by atoms with van der Waals surface area (Å²) in [5, 5.41) is 0.675. The predicted octanol–water partition coefficient (Wildman–Crippen LogP) is 5.62. The molecule has 0 aliphatic rings. The van der Waals surface area contributed by atoms with Crippen molar-refractivity contribution in [2.24, 2.45) is 0 Å². The molecule has 0 N–H and O–H groups in total. The minimum absolute atomic E-state index is 0.675. The first-order chi connectivity index (χ1) is 11.3. The van der Waals surface area contributed by atoms with Crippen LogP contribution in [0.1, 0.15) is 0 Å². The Bertz CT molecular complexity index is 981. The van der Waals surface area contributed by atoms with Crippen molar-refractivity contribution in [3.8, 4) is 22.5 Å². The van der Waals surface area contributed by atoms with E-state index in [1.54, 1.807) is 0 Å². The Labute approximate surface area is 139 Å². The Kier molecular flexibility index (Phi) is 3.52. The second-order valence-corrected chi connectivity index (χ2v) is 5.66. The molecule has 110 valence electrons. The summed E-state index contributed by atoms with van der Waals surface area (Å²) in [5.74, 6) is 0. The van der Waals surface area contributed by atoms with Crippen LogP contribution in [0.2, 0.25) is 5.02 Å². The van der Waals surface area contributed by atoms with Crippen LogP contribution in [-0.2, 0) is 0 Å². The van der Waals surface area contributed by atoms with Crippen molar-refractivity contribution in [1.29, 1.82) is 0 Å². The third kappa shape index (κ3) is 2.58. The van der Waals surface area contributed by atoms with Crippen LogP contribution < -0.4 is 0 Å². The van der Waals surface area contributed by atoms with Gasteiger partial charge in [-0.25, -0.2) is 9.97 Å². The zero-order valence-corrected chi connectivity index (χ0v) is 13.0. The van der Waals surface area contributed by atoms with E-state index in [0.29, 0.717) is 5.02 Å². The number of hydrogen-bond acceptors (Lipinski definition) is 2. The third-order valence-corrected chi connectivity index (χ3v) is 4.08. The van der Waals surface area contributed by atoms with E-state index in [4.69, 9.17) is 21.6 Å². The molecule has 3 heteroatoms. The number of nitrogens with zero attached hydrogens (tertiary/aromatic N) is 2. The monoisotopic (exact) mass is 316 g/mol. The molecular formula is C20H13ClN2. The maximum atomic E-state index is 6.40. The highest BCUT2D eigenvalue weighted by atomic mass is 35.5. The second-order valence-electron chi connectivity index (χ2n) is 5.26. The number of rotatable bonds is 2. The van der Waals surface area contributed by atoms with Crippen LogP contribution >= 0.6 is 11.6 Å². The number of fused-ring (bicyclic) bond motifs is 1. The van der Waals surface area contributed by atoms with Crippen molar-refractivity contribution in [2.75, 3.05) is 0 Å². The molecule has 0 saturated heterocycles. The fourth-order valence-electron chi connectivity index (χ4n) is 2.64. The average Bonchev–Trinajstić information content (AvgIpc) is 2.62. The zero-order valence-electron chi connectivity index (χ0n) is 12.3. The number of benzene rings is 3. The summed E-state index contributed by atoms with van der Waals surface area (Å²) >= 11 is 6.40. The SMILES string of the molecule is Clc1ccccc1-c1nc2ccccc2nc1-c1ccccc1. The van der Waals surface area contributed by atoms with Gasteiger partial charge in [-0.15, -0.1) is 0 Å². The Morgan fingerprint density at radius 2 is 1.13 bits per heavy atom. The van der Waals surface area contributed by atoms with Crippen molar-refractivity contribution in [1.82, 2.24) is 9.97 Å². The van der Waals surface area contributed by atoms with Gasteiger partial charge < -0.3 is 0 Å². The smallest absolute Gasteiger partial charge is 0.0988 e. The molecule has 0 saturated carbocycles. The number of aromatic nitrogens is 2. The van der Waals surface area contributed by atoms with Gasteiger partial charge in [0.1, 0.15) is 0 Å². The quantitative estimate of drug-likeness (QED) is 0.480. The molecule has 3 aromatic carbocycles. The normalized spacial score (nSPS) is 10.8. The maximum Gasteiger partial charge on any atom is 0.0988 e. The van der Waals surface area contributed by atoms with Gasteiger partial charge in [-0.2, -0.15) is 0 Å². The van der Waals surface area contributed by atoms with E-state index in [1.807, 2.05) is 78.9 Å². The minimum atomic E-state index is 0.675. The van der Waals surface area contributed by atoms with E-state index < -0.39 is 0 Å². The topological polar surface area (TPSA) is 25.8 Å². The van der Waals surface area contributed by atoms with Gasteiger partial charge in [0, 0.05) is 11.1 Å². The minimum Gasteiger partial charge on any atom is -0.244 e. The molecule has 0 aliphatic heterocycles. The van der Waals surface area contributed by atoms with Crippen LogP contribution in [0.3, 0.4) is 0 Å². The molecule has 2 nitrogen and oxygen atoms in total. The van der Waals surface area contributed by atoms with Gasteiger partial charge in [0.2, 0.25) is 0 Å². The maximum absolute atomic E-state index is 6.40. The van der Waals surface area contributed by atoms with E-state index >= 15 is 0 Å². The van der Waals surface area contributed by atoms with Crippen molar-refractivity contribution in [3.05, 3.63) is 83.9 Å².